The van der Waals surface area contributed by atoms with Gasteiger partial charge in [0.05, 0.1) is 0 Å². The Morgan fingerprint density at radius 3 is 0.923 bits per heavy atom. The zero-order valence-electron chi connectivity index (χ0n) is 24.0. The molecule has 0 nitrogen and oxygen atoms in total. The van der Waals surface area contributed by atoms with Gasteiger partial charge < -0.3 is 0 Å². The van der Waals surface area contributed by atoms with Gasteiger partial charge >= 0.3 is 0 Å². The van der Waals surface area contributed by atoms with E-state index in [0.29, 0.717) is 22.3 Å². The lowest BCUT2D eigenvalue weighted by Gasteiger charge is -1.99. The van der Waals surface area contributed by atoms with Gasteiger partial charge in [-0.3, -0.25) is 0 Å². The molecule has 0 N–H and O–H groups in total. The van der Waals surface area contributed by atoms with Crippen LogP contribution in [0.2, 0.25) is 0 Å². The van der Waals surface area contributed by atoms with Crippen LogP contribution in [-0.2, 0) is 0 Å². The minimum atomic E-state index is -0.736. The Bertz CT molecular complexity index is 1280. The molecule has 0 saturated heterocycles. The van der Waals surface area contributed by atoms with Gasteiger partial charge in [-0.15, -0.1) is 0 Å². The van der Waals surface area contributed by atoms with Crippen LogP contribution in [0.25, 0.3) is 0 Å². The molecule has 210 valence electrons. The number of aryl methyl sites for hydroxylation is 7. The summed E-state index contributed by atoms with van der Waals surface area (Å²) in [5.41, 5.74) is 6.21. The molecule has 0 fully saturated rings. The first-order chi connectivity index (χ1) is 18.0. The van der Waals surface area contributed by atoms with Crippen molar-refractivity contribution in [3.63, 3.8) is 0 Å². The third-order valence-electron chi connectivity index (χ3n) is 5.98. The molecule has 0 aliphatic rings. The molecular formula is C33H36F6. The van der Waals surface area contributed by atoms with E-state index in [9.17, 15) is 26.3 Å². The van der Waals surface area contributed by atoms with E-state index in [1.165, 1.54) is 68.7 Å². The summed E-state index contributed by atoms with van der Waals surface area (Å²) in [6.07, 6.45) is 0. The summed E-state index contributed by atoms with van der Waals surface area (Å²) in [6, 6.07) is 14.9. The van der Waals surface area contributed by atoms with Crippen molar-refractivity contribution in [3.05, 3.63) is 140 Å². The molecule has 0 atom stereocenters. The van der Waals surface area contributed by atoms with Crippen LogP contribution in [0, 0.1) is 97.2 Å². The maximum absolute atomic E-state index is 12.6. The Morgan fingerprint density at radius 2 is 0.641 bits per heavy atom. The van der Waals surface area contributed by atoms with Crippen molar-refractivity contribution >= 4 is 0 Å². The average Bonchev–Trinajstić information content (AvgIpc) is 2.85. The first-order valence-electron chi connectivity index (χ1n) is 12.3. The van der Waals surface area contributed by atoms with Crippen LogP contribution in [0.15, 0.2) is 54.6 Å². The summed E-state index contributed by atoms with van der Waals surface area (Å²) in [5.74, 6) is -3.37. The molecule has 0 unspecified atom stereocenters. The summed E-state index contributed by atoms with van der Waals surface area (Å²) in [7, 11) is 0. The van der Waals surface area contributed by atoms with Crippen molar-refractivity contribution in [2.24, 2.45) is 0 Å². The fourth-order valence-corrected chi connectivity index (χ4v) is 3.18. The van der Waals surface area contributed by atoms with Gasteiger partial charge in [-0.2, -0.15) is 0 Å². The smallest absolute Gasteiger partial charge is 0.161 e. The van der Waals surface area contributed by atoms with Gasteiger partial charge in [-0.1, -0.05) is 35.9 Å². The van der Waals surface area contributed by atoms with E-state index >= 15 is 0 Å². The Hall–Kier alpha value is -3.54. The second-order valence-electron chi connectivity index (χ2n) is 9.62. The van der Waals surface area contributed by atoms with E-state index in [4.69, 9.17) is 0 Å². The molecule has 4 aromatic carbocycles. The second kappa shape index (κ2) is 15.2. The van der Waals surface area contributed by atoms with E-state index in [0.717, 1.165) is 0 Å². The van der Waals surface area contributed by atoms with Crippen molar-refractivity contribution in [1.82, 2.24) is 0 Å². The normalized spacial score (nSPS) is 9.92. The maximum Gasteiger partial charge on any atom is 0.161 e. The monoisotopic (exact) mass is 546 g/mol. The van der Waals surface area contributed by atoms with Crippen LogP contribution in [0.3, 0.4) is 0 Å². The summed E-state index contributed by atoms with van der Waals surface area (Å²) in [4.78, 5) is 0. The zero-order chi connectivity index (χ0) is 30.0. The predicted molar refractivity (Wildman–Crippen MR) is 148 cm³/mol. The molecule has 0 bridgehead atoms. The Kier molecular flexibility index (Phi) is 13.0. The van der Waals surface area contributed by atoms with E-state index in [1.807, 2.05) is 0 Å². The molecular weight excluding hydrogens is 510 g/mol. The lowest BCUT2D eigenvalue weighted by molar-refractivity contribution is 0.497. The molecule has 4 aromatic rings. The first-order valence-corrected chi connectivity index (χ1v) is 12.3. The molecule has 0 spiro atoms. The standard InChI is InChI=1S/C9H12.3C8H8F2/c1-7-4-5-8(2)9(3)6-7;2*1-5-3-7(9)6(2)8(10)4-5;1-5-3-4-6(2)8(10)7(5)9/h4-6H,1-3H3;3*3-4H,1-2H3. The van der Waals surface area contributed by atoms with E-state index in [2.05, 4.69) is 39.0 Å². The van der Waals surface area contributed by atoms with Gasteiger partial charge in [0.25, 0.3) is 0 Å². The minimum absolute atomic E-state index is 0.0885. The highest BCUT2D eigenvalue weighted by molar-refractivity contribution is 5.29. The number of benzene rings is 4. The van der Waals surface area contributed by atoms with Crippen LogP contribution < -0.4 is 0 Å². The van der Waals surface area contributed by atoms with Gasteiger partial charge in [0, 0.05) is 11.1 Å². The molecule has 0 amide bonds. The predicted octanol–water partition coefficient (Wildman–Crippen LogP) is 10.4. The summed E-state index contributed by atoms with van der Waals surface area (Å²) >= 11 is 0. The van der Waals surface area contributed by atoms with Crippen LogP contribution in [-0.4, -0.2) is 0 Å². The molecule has 0 saturated carbocycles. The second-order valence-corrected chi connectivity index (χ2v) is 9.62. The number of halogens is 6. The molecule has 0 heterocycles. The molecule has 0 aliphatic heterocycles. The number of hydrogen-bond donors (Lipinski definition) is 0. The highest BCUT2D eigenvalue weighted by Crippen LogP contribution is 2.15. The zero-order valence-corrected chi connectivity index (χ0v) is 24.0. The molecule has 0 aromatic heterocycles. The van der Waals surface area contributed by atoms with E-state index in [-0.39, 0.29) is 11.1 Å². The van der Waals surface area contributed by atoms with Crippen LogP contribution >= 0.6 is 0 Å². The third kappa shape index (κ3) is 10.6. The molecule has 39 heavy (non-hydrogen) atoms. The van der Waals surface area contributed by atoms with Gasteiger partial charge in [-0.05, 0) is 120 Å². The molecule has 0 aliphatic carbocycles. The van der Waals surface area contributed by atoms with Gasteiger partial charge in [0.1, 0.15) is 23.3 Å². The van der Waals surface area contributed by atoms with Gasteiger partial charge in [-0.25, -0.2) is 26.3 Å². The van der Waals surface area contributed by atoms with Gasteiger partial charge in [0.2, 0.25) is 0 Å². The van der Waals surface area contributed by atoms with Crippen molar-refractivity contribution in [3.8, 4) is 0 Å². The third-order valence-corrected chi connectivity index (χ3v) is 5.98. The van der Waals surface area contributed by atoms with Crippen molar-refractivity contribution < 1.29 is 26.3 Å². The first kappa shape index (κ1) is 33.5. The van der Waals surface area contributed by atoms with Crippen LogP contribution in [0.5, 0.6) is 0 Å². The number of hydrogen-bond acceptors (Lipinski definition) is 0. The summed E-state index contributed by atoms with van der Waals surface area (Å²) in [5, 5.41) is 0. The topological polar surface area (TPSA) is 0 Å². The number of rotatable bonds is 0. The maximum atomic E-state index is 12.6. The SMILES string of the molecule is Cc1cc(F)c(C)c(F)c1.Cc1cc(F)c(C)c(F)c1.Cc1ccc(C)c(C)c1.Cc1ccc(C)c(F)c1F. The highest BCUT2D eigenvalue weighted by atomic mass is 19.2. The Labute approximate surface area is 228 Å². The largest absolute Gasteiger partial charge is 0.207 e. The summed E-state index contributed by atoms with van der Waals surface area (Å²) < 4.78 is 75.6. The Balaban J connectivity index is 0.000000260. The van der Waals surface area contributed by atoms with Crippen molar-refractivity contribution in [2.75, 3.05) is 0 Å². The van der Waals surface area contributed by atoms with Gasteiger partial charge in [0.15, 0.2) is 11.6 Å². The fraction of sp³-hybridized carbons (Fsp3) is 0.273. The Morgan fingerprint density at radius 1 is 0.333 bits per heavy atom. The summed E-state index contributed by atoms with van der Waals surface area (Å²) in [6.45, 7) is 15.6. The quantitative estimate of drug-likeness (QED) is 0.193. The minimum Gasteiger partial charge on any atom is -0.207 e. The molecule has 6 heteroatoms. The van der Waals surface area contributed by atoms with E-state index in [1.54, 1.807) is 26.0 Å². The average molecular weight is 547 g/mol. The molecule has 0 radical (unpaired) electrons. The lowest BCUT2D eigenvalue weighted by Crippen LogP contribution is -1.91. The van der Waals surface area contributed by atoms with Crippen molar-refractivity contribution in [1.29, 1.82) is 0 Å². The fourth-order valence-electron chi connectivity index (χ4n) is 3.18. The lowest BCUT2D eigenvalue weighted by atomic mass is 10.1. The van der Waals surface area contributed by atoms with Crippen molar-refractivity contribution in [2.45, 2.75) is 62.3 Å². The molecule has 4 rings (SSSR count). The van der Waals surface area contributed by atoms with E-state index < -0.39 is 34.9 Å². The van der Waals surface area contributed by atoms with Crippen LogP contribution in [0.4, 0.5) is 26.3 Å². The highest BCUT2D eigenvalue weighted by Gasteiger charge is 2.06. The van der Waals surface area contributed by atoms with Crippen LogP contribution in [0.1, 0.15) is 50.1 Å².